The van der Waals surface area contributed by atoms with Crippen LogP contribution in [0.25, 0.3) is 0 Å². The van der Waals surface area contributed by atoms with Crippen molar-refractivity contribution in [3.63, 3.8) is 0 Å². The number of anilines is 1. The molecule has 0 radical (unpaired) electrons. The SMILES string of the molecule is CC(C)C1CCCC(NS(=O)(=O)c2ccc(NC(=O)NCc3cccnc3)cc2)C1. The van der Waals surface area contributed by atoms with Gasteiger partial charge in [0.2, 0.25) is 10.0 Å². The van der Waals surface area contributed by atoms with Gasteiger partial charge in [-0.1, -0.05) is 32.8 Å². The molecule has 1 saturated carbocycles. The molecule has 2 amide bonds. The Morgan fingerprint density at radius 2 is 1.93 bits per heavy atom. The second kappa shape index (κ2) is 10.0. The van der Waals surface area contributed by atoms with Crippen LogP contribution in [0, 0.1) is 11.8 Å². The number of aromatic nitrogens is 1. The molecule has 1 aliphatic carbocycles. The van der Waals surface area contributed by atoms with E-state index in [0.717, 1.165) is 24.8 Å². The van der Waals surface area contributed by atoms with Gasteiger partial charge in [-0.15, -0.1) is 0 Å². The number of carbonyl (C=O) groups is 1. The van der Waals surface area contributed by atoms with Gasteiger partial charge in [-0.25, -0.2) is 17.9 Å². The molecule has 3 rings (SSSR count). The van der Waals surface area contributed by atoms with Crippen molar-refractivity contribution < 1.29 is 13.2 Å². The molecule has 2 unspecified atom stereocenters. The Kier molecular flexibility index (Phi) is 7.44. The monoisotopic (exact) mass is 430 g/mol. The van der Waals surface area contributed by atoms with Crippen LogP contribution >= 0.6 is 0 Å². The summed E-state index contributed by atoms with van der Waals surface area (Å²) in [6, 6.07) is 9.51. The summed E-state index contributed by atoms with van der Waals surface area (Å²) in [4.78, 5) is 16.2. The molecule has 1 aromatic carbocycles. The summed E-state index contributed by atoms with van der Waals surface area (Å²) in [5, 5.41) is 5.44. The lowest BCUT2D eigenvalue weighted by molar-refractivity contribution is 0.246. The van der Waals surface area contributed by atoms with E-state index in [4.69, 9.17) is 0 Å². The minimum Gasteiger partial charge on any atom is -0.334 e. The largest absolute Gasteiger partial charge is 0.334 e. The summed E-state index contributed by atoms with van der Waals surface area (Å²) < 4.78 is 28.4. The molecule has 30 heavy (non-hydrogen) atoms. The van der Waals surface area contributed by atoms with Crippen LogP contribution in [0.5, 0.6) is 0 Å². The maximum absolute atomic E-state index is 12.8. The molecule has 1 heterocycles. The molecular weight excluding hydrogens is 400 g/mol. The second-order valence-corrected chi connectivity index (χ2v) is 9.90. The first-order valence-corrected chi connectivity index (χ1v) is 11.9. The van der Waals surface area contributed by atoms with Gasteiger partial charge in [-0.2, -0.15) is 0 Å². The number of rotatable bonds is 7. The van der Waals surface area contributed by atoms with Crippen LogP contribution in [-0.4, -0.2) is 25.5 Å². The molecule has 8 heteroatoms. The molecule has 0 saturated heterocycles. The van der Waals surface area contributed by atoms with Crippen LogP contribution in [0.15, 0.2) is 53.7 Å². The van der Waals surface area contributed by atoms with E-state index < -0.39 is 10.0 Å². The Morgan fingerprint density at radius 3 is 2.60 bits per heavy atom. The summed E-state index contributed by atoms with van der Waals surface area (Å²) in [5.41, 5.74) is 1.41. The smallest absolute Gasteiger partial charge is 0.319 e. The number of urea groups is 1. The fourth-order valence-corrected chi connectivity index (χ4v) is 5.09. The highest BCUT2D eigenvalue weighted by Crippen LogP contribution is 2.30. The number of nitrogens with one attached hydrogen (secondary N) is 3. The quantitative estimate of drug-likeness (QED) is 0.620. The molecule has 1 aromatic heterocycles. The van der Waals surface area contributed by atoms with Crippen LogP contribution in [0.2, 0.25) is 0 Å². The number of hydrogen-bond donors (Lipinski definition) is 3. The third-order valence-electron chi connectivity index (χ3n) is 5.58. The maximum atomic E-state index is 12.8. The fraction of sp³-hybridized carbons (Fsp3) is 0.455. The lowest BCUT2D eigenvalue weighted by Crippen LogP contribution is -2.39. The highest BCUT2D eigenvalue weighted by molar-refractivity contribution is 7.89. The molecular formula is C22H30N4O3S. The van der Waals surface area contributed by atoms with Gasteiger partial charge in [0.05, 0.1) is 4.90 Å². The van der Waals surface area contributed by atoms with Crippen LogP contribution < -0.4 is 15.4 Å². The van der Waals surface area contributed by atoms with E-state index in [1.807, 2.05) is 6.07 Å². The normalized spacial score (nSPS) is 19.4. The van der Waals surface area contributed by atoms with Gasteiger partial charge in [0, 0.05) is 30.7 Å². The average Bonchev–Trinajstić information content (AvgIpc) is 2.73. The topological polar surface area (TPSA) is 100 Å². The van der Waals surface area contributed by atoms with Crippen LogP contribution in [0.1, 0.15) is 45.1 Å². The fourth-order valence-electron chi connectivity index (χ4n) is 3.81. The zero-order valence-corrected chi connectivity index (χ0v) is 18.3. The van der Waals surface area contributed by atoms with Crippen molar-refractivity contribution in [2.24, 2.45) is 11.8 Å². The predicted octanol–water partition coefficient (Wildman–Crippen LogP) is 3.90. The number of hydrogen-bond acceptors (Lipinski definition) is 4. The van der Waals surface area contributed by atoms with Gasteiger partial charge >= 0.3 is 6.03 Å². The Morgan fingerprint density at radius 1 is 1.17 bits per heavy atom. The molecule has 3 N–H and O–H groups in total. The Bertz CT molecular complexity index is 931. The van der Waals surface area contributed by atoms with Crippen molar-refractivity contribution in [1.82, 2.24) is 15.0 Å². The van der Waals surface area contributed by atoms with Crippen molar-refractivity contribution in [3.8, 4) is 0 Å². The number of nitrogens with zero attached hydrogens (tertiary/aromatic N) is 1. The van der Waals surface area contributed by atoms with E-state index in [1.54, 1.807) is 30.6 Å². The van der Waals surface area contributed by atoms with Gasteiger partial charge in [-0.05, 0) is 60.6 Å². The summed E-state index contributed by atoms with van der Waals surface area (Å²) in [7, 11) is -3.59. The molecule has 2 atom stereocenters. The first-order chi connectivity index (χ1) is 14.3. The second-order valence-electron chi connectivity index (χ2n) is 8.18. The minimum absolute atomic E-state index is 0.0211. The molecule has 1 aliphatic rings. The van der Waals surface area contributed by atoms with Crippen molar-refractivity contribution >= 4 is 21.7 Å². The molecule has 2 aromatic rings. The van der Waals surface area contributed by atoms with Crippen molar-refractivity contribution in [2.75, 3.05) is 5.32 Å². The Balaban J connectivity index is 1.54. The van der Waals surface area contributed by atoms with Crippen LogP contribution in [0.4, 0.5) is 10.5 Å². The van der Waals surface area contributed by atoms with E-state index >= 15 is 0 Å². The van der Waals surface area contributed by atoms with Gasteiger partial charge in [0.25, 0.3) is 0 Å². The summed E-state index contributed by atoms with van der Waals surface area (Å²) in [6.45, 7) is 4.75. The zero-order valence-electron chi connectivity index (χ0n) is 17.5. The molecule has 1 fully saturated rings. The van der Waals surface area contributed by atoms with Gasteiger partial charge in [0.1, 0.15) is 0 Å². The molecule has 162 valence electrons. The molecule has 0 bridgehead atoms. The zero-order chi connectivity index (χ0) is 21.6. The van der Waals surface area contributed by atoms with Crippen LogP contribution in [0.3, 0.4) is 0 Å². The Labute approximate surface area is 178 Å². The number of carbonyl (C=O) groups excluding carboxylic acids is 1. The number of benzene rings is 1. The Hall–Kier alpha value is -2.45. The lowest BCUT2D eigenvalue weighted by Gasteiger charge is -2.31. The first-order valence-electron chi connectivity index (χ1n) is 10.4. The van der Waals surface area contributed by atoms with E-state index in [2.05, 4.69) is 34.2 Å². The first kappa shape index (κ1) is 22.2. The van der Waals surface area contributed by atoms with Crippen LogP contribution in [-0.2, 0) is 16.6 Å². The lowest BCUT2D eigenvalue weighted by atomic mass is 9.80. The highest BCUT2D eigenvalue weighted by atomic mass is 32.2. The van der Waals surface area contributed by atoms with Gasteiger partial charge in [0.15, 0.2) is 0 Å². The van der Waals surface area contributed by atoms with E-state index in [-0.39, 0.29) is 17.0 Å². The summed E-state index contributed by atoms with van der Waals surface area (Å²) >= 11 is 0. The van der Waals surface area contributed by atoms with Gasteiger partial charge in [-0.3, -0.25) is 4.98 Å². The van der Waals surface area contributed by atoms with Crippen molar-refractivity contribution in [1.29, 1.82) is 0 Å². The predicted molar refractivity (Wildman–Crippen MR) is 117 cm³/mol. The molecule has 7 nitrogen and oxygen atoms in total. The summed E-state index contributed by atoms with van der Waals surface area (Å²) in [6.07, 6.45) is 7.33. The number of pyridine rings is 1. The van der Waals surface area contributed by atoms with E-state index in [1.165, 1.54) is 18.6 Å². The standard InChI is InChI=1S/C22H30N4O3S/c1-16(2)18-6-3-7-20(13-18)26-30(28,29)21-10-8-19(9-11-21)25-22(27)24-15-17-5-4-12-23-14-17/h4-5,8-12,14,16,18,20,26H,3,6-7,13,15H2,1-2H3,(H2,24,25,27). The van der Waals surface area contributed by atoms with Crippen molar-refractivity contribution in [3.05, 3.63) is 54.4 Å². The maximum Gasteiger partial charge on any atom is 0.319 e. The molecule has 0 aliphatic heterocycles. The van der Waals surface area contributed by atoms with E-state index in [0.29, 0.717) is 24.1 Å². The van der Waals surface area contributed by atoms with Gasteiger partial charge < -0.3 is 10.6 Å². The third-order valence-corrected chi connectivity index (χ3v) is 7.11. The van der Waals surface area contributed by atoms with Crippen molar-refractivity contribution in [2.45, 2.75) is 57.0 Å². The highest BCUT2D eigenvalue weighted by Gasteiger charge is 2.27. The van der Waals surface area contributed by atoms with E-state index in [9.17, 15) is 13.2 Å². The number of sulfonamides is 1. The average molecular weight is 431 g/mol. The summed E-state index contributed by atoms with van der Waals surface area (Å²) in [5.74, 6) is 1.12. The molecule has 0 spiro atoms. The third kappa shape index (κ3) is 6.27. The number of amides is 2. The minimum atomic E-state index is -3.59.